The third-order valence-electron chi connectivity index (χ3n) is 6.69. The first-order chi connectivity index (χ1) is 12.7. The molecule has 0 spiro atoms. The average Bonchev–Trinajstić information content (AvgIpc) is 3.43. The molecule has 0 aliphatic heterocycles. The number of unbranched alkanes of at least 4 members (excludes halogenated alkanes) is 3. The van der Waals surface area contributed by atoms with E-state index in [1.54, 1.807) is 0 Å². The van der Waals surface area contributed by atoms with E-state index < -0.39 is 0 Å². The summed E-state index contributed by atoms with van der Waals surface area (Å²) in [6.45, 7) is 1.04. The first-order valence-corrected chi connectivity index (χ1v) is 10.4. The summed E-state index contributed by atoms with van der Waals surface area (Å²) in [5, 5.41) is 0. The van der Waals surface area contributed by atoms with Gasteiger partial charge in [0.25, 0.3) is 0 Å². The van der Waals surface area contributed by atoms with E-state index in [2.05, 4.69) is 24.3 Å². The lowest BCUT2D eigenvalue weighted by atomic mass is 9.94. The van der Waals surface area contributed by atoms with E-state index in [1.165, 1.54) is 0 Å². The second-order valence-electron chi connectivity index (χ2n) is 8.52. The summed E-state index contributed by atoms with van der Waals surface area (Å²) in [5.41, 5.74) is 0. The molecule has 26 heavy (non-hydrogen) atoms. The van der Waals surface area contributed by atoms with Crippen molar-refractivity contribution in [2.24, 2.45) is 35.5 Å². The van der Waals surface area contributed by atoms with Gasteiger partial charge in [-0.2, -0.15) is 0 Å². The molecule has 142 valence electrons. The quantitative estimate of drug-likeness (QED) is 0.354. The zero-order valence-corrected chi connectivity index (χ0v) is 15.5. The molecule has 0 saturated heterocycles. The van der Waals surface area contributed by atoms with Crippen LogP contribution >= 0.6 is 0 Å². The van der Waals surface area contributed by atoms with Crippen LogP contribution in [0.1, 0.15) is 51.4 Å². The largest absolute Gasteiger partial charge is 0.465 e. The molecule has 6 atom stereocenters. The van der Waals surface area contributed by atoms with E-state index in [1.807, 2.05) is 0 Å². The van der Waals surface area contributed by atoms with E-state index in [9.17, 15) is 9.59 Å². The van der Waals surface area contributed by atoms with Gasteiger partial charge in [-0.1, -0.05) is 24.3 Å². The smallest absolute Gasteiger partial charge is 0.309 e. The van der Waals surface area contributed by atoms with Crippen LogP contribution in [0.5, 0.6) is 0 Å². The highest BCUT2D eigenvalue weighted by Gasteiger charge is 2.41. The minimum absolute atomic E-state index is 0.00399. The predicted molar refractivity (Wildman–Crippen MR) is 98.1 cm³/mol. The van der Waals surface area contributed by atoms with Crippen LogP contribution in [0.15, 0.2) is 24.3 Å². The van der Waals surface area contributed by atoms with E-state index >= 15 is 0 Å². The Morgan fingerprint density at radius 3 is 1.46 bits per heavy atom. The Balaban J connectivity index is 1.01. The summed E-state index contributed by atoms with van der Waals surface area (Å²) >= 11 is 0. The molecule has 4 aliphatic rings. The lowest BCUT2D eigenvalue weighted by Gasteiger charge is -2.17. The highest BCUT2D eigenvalue weighted by atomic mass is 16.5. The summed E-state index contributed by atoms with van der Waals surface area (Å²) < 4.78 is 10.9. The Morgan fingerprint density at radius 1 is 0.654 bits per heavy atom. The molecule has 0 aromatic heterocycles. The maximum atomic E-state index is 12.1. The molecule has 2 fully saturated rings. The molecular weight excluding hydrogens is 328 g/mol. The molecule has 4 aliphatic carbocycles. The maximum Gasteiger partial charge on any atom is 0.309 e. The Bertz CT molecular complexity index is 541. The Morgan fingerprint density at radius 2 is 1.12 bits per heavy atom. The average molecular weight is 358 g/mol. The number of hydrogen-bond donors (Lipinski definition) is 0. The fourth-order valence-electron chi connectivity index (χ4n) is 5.22. The number of ether oxygens (including phenoxy) is 2. The number of esters is 2. The van der Waals surface area contributed by atoms with Gasteiger partial charge in [0.2, 0.25) is 0 Å². The predicted octanol–water partition coefficient (Wildman–Crippen LogP) is 4.06. The number of hydrogen-bond acceptors (Lipinski definition) is 4. The normalized spacial score (nSPS) is 36.0. The number of fused-ring (bicyclic) bond motifs is 4. The van der Waals surface area contributed by atoms with Crippen LogP contribution in [0.4, 0.5) is 0 Å². The van der Waals surface area contributed by atoms with Gasteiger partial charge in [0.05, 0.1) is 25.0 Å². The van der Waals surface area contributed by atoms with Gasteiger partial charge in [-0.15, -0.1) is 0 Å². The van der Waals surface area contributed by atoms with Crippen LogP contribution in [-0.4, -0.2) is 25.2 Å². The van der Waals surface area contributed by atoms with Crippen molar-refractivity contribution in [2.45, 2.75) is 51.4 Å². The lowest BCUT2D eigenvalue weighted by Crippen LogP contribution is -2.22. The summed E-state index contributed by atoms with van der Waals surface area (Å²) in [6, 6.07) is 0. The highest BCUT2D eigenvalue weighted by Crippen LogP contribution is 2.44. The van der Waals surface area contributed by atoms with Gasteiger partial charge >= 0.3 is 11.9 Å². The van der Waals surface area contributed by atoms with Crippen molar-refractivity contribution in [2.75, 3.05) is 13.2 Å². The van der Waals surface area contributed by atoms with Crippen molar-refractivity contribution in [1.82, 2.24) is 0 Å². The molecule has 0 amide bonds. The summed E-state index contributed by atoms with van der Waals surface area (Å²) in [7, 11) is 0. The van der Waals surface area contributed by atoms with Crippen molar-refractivity contribution < 1.29 is 19.1 Å². The SMILES string of the molecule is O=C(OCCCCCCOC(=O)C1CC2C=CC1C2)C1CC2C=CC1C2. The van der Waals surface area contributed by atoms with Gasteiger partial charge < -0.3 is 9.47 Å². The minimum atomic E-state index is -0.00399. The van der Waals surface area contributed by atoms with Gasteiger partial charge in [-0.3, -0.25) is 9.59 Å². The number of allylic oxidation sites excluding steroid dienone is 4. The topological polar surface area (TPSA) is 52.6 Å². The van der Waals surface area contributed by atoms with Crippen LogP contribution in [-0.2, 0) is 19.1 Å². The molecule has 0 N–H and O–H groups in total. The molecule has 0 aromatic rings. The fourth-order valence-corrected chi connectivity index (χ4v) is 5.22. The zero-order valence-electron chi connectivity index (χ0n) is 15.5. The van der Waals surface area contributed by atoms with Crippen molar-refractivity contribution in [3.63, 3.8) is 0 Å². The third-order valence-corrected chi connectivity index (χ3v) is 6.69. The van der Waals surface area contributed by atoms with Crippen LogP contribution in [0, 0.1) is 35.5 Å². The fraction of sp³-hybridized carbons (Fsp3) is 0.727. The second kappa shape index (κ2) is 7.98. The van der Waals surface area contributed by atoms with Crippen molar-refractivity contribution >= 4 is 11.9 Å². The van der Waals surface area contributed by atoms with Gasteiger partial charge in [-0.25, -0.2) is 0 Å². The highest BCUT2D eigenvalue weighted by molar-refractivity contribution is 5.74. The van der Waals surface area contributed by atoms with E-state index in [4.69, 9.17) is 9.47 Å². The van der Waals surface area contributed by atoms with Gasteiger partial charge in [-0.05, 0) is 75.0 Å². The molecule has 4 rings (SSSR count). The van der Waals surface area contributed by atoms with Crippen LogP contribution in [0.3, 0.4) is 0 Å². The first-order valence-electron chi connectivity index (χ1n) is 10.4. The van der Waals surface area contributed by atoms with E-state index in [-0.39, 0.29) is 23.8 Å². The Hall–Kier alpha value is -1.58. The van der Waals surface area contributed by atoms with Gasteiger partial charge in [0.1, 0.15) is 0 Å². The summed E-state index contributed by atoms with van der Waals surface area (Å²) in [5.74, 6) is 2.26. The molecule has 0 aromatic carbocycles. The Labute approximate surface area is 156 Å². The third kappa shape index (κ3) is 3.89. The molecule has 0 heterocycles. The lowest BCUT2D eigenvalue weighted by molar-refractivity contribution is -0.150. The molecule has 0 radical (unpaired) electrons. The second-order valence-corrected chi connectivity index (χ2v) is 8.52. The standard InChI is InChI=1S/C22H30O4/c23-21(19-13-15-5-7-17(19)11-15)25-9-3-1-2-4-10-26-22(24)20-14-16-6-8-18(20)12-16/h5-8,15-20H,1-4,9-14H2. The van der Waals surface area contributed by atoms with E-state index in [0.29, 0.717) is 36.9 Å². The number of carbonyl (C=O) groups is 2. The van der Waals surface area contributed by atoms with Crippen molar-refractivity contribution in [3.8, 4) is 0 Å². The van der Waals surface area contributed by atoms with Gasteiger partial charge in [0, 0.05) is 0 Å². The maximum absolute atomic E-state index is 12.1. The zero-order chi connectivity index (χ0) is 17.9. The summed E-state index contributed by atoms with van der Waals surface area (Å²) in [4.78, 5) is 24.2. The molecule has 6 unspecified atom stereocenters. The number of rotatable bonds is 9. The molecular formula is C22H30O4. The van der Waals surface area contributed by atoms with E-state index in [0.717, 1.165) is 51.4 Å². The molecule has 2 saturated carbocycles. The first kappa shape index (κ1) is 17.8. The van der Waals surface area contributed by atoms with Crippen molar-refractivity contribution in [3.05, 3.63) is 24.3 Å². The summed E-state index contributed by atoms with van der Waals surface area (Å²) in [6.07, 6.45) is 16.9. The molecule has 4 nitrogen and oxygen atoms in total. The minimum Gasteiger partial charge on any atom is -0.465 e. The number of carbonyl (C=O) groups excluding carboxylic acids is 2. The monoisotopic (exact) mass is 358 g/mol. The van der Waals surface area contributed by atoms with Crippen LogP contribution in [0.25, 0.3) is 0 Å². The van der Waals surface area contributed by atoms with Crippen LogP contribution in [0.2, 0.25) is 0 Å². The van der Waals surface area contributed by atoms with Crippen molar-refractivity contribution in [1.29, 1.82) is 0 Å². The van der Waals surface area contributed by atoms with Crippen LogP contribution < -0.4 is 0 Å². The van der Waals surface area contributed by atoms with Gasteiger partial charge in [0.15, 0.2) is 0 Å². The molecule has 4 heteroatoms. The Kier molecular flexibility index (Phi) is 5.46. The molecule has 4 bridgehead atoms.